The van der Waals surface area contributed by atoms with E-state index in [1.165, 1.54) is 24.5 Å². The highest BCUT2D eigenvalue weighted by molar-refractivity contribution is 5.82. The zero-order valence-corrected chi connectivity index (χ0v) is 21.3. The predicted octanol–water partition coefficient (Wildman–Crippen LogP) is -0.889. The number of ether oxygens (including phenoxy) is 5. The summed E-state index contributed by atoms with van der Waals surface area (Å²) in [6, 6.07) is 11.3. The summed E-state index contributed by atoms with van der Waals surface area (Å²) in [7, 11) is 1.55. The van der Waals surface area contributed by atoms with Crippen LogP contribution in [0.4, 0.5) is 0 Å². The number of methoxy groups -OCH3 is 1. The highest BCUT2D eigenvalue weighted by atomic mass is 16.7. The fourth-order valence-corrected chi connectivity index (χ4v) is 4.55. The predicted molar refractivity (Wildman–Crippen MR) is 135 cm³/mol. The van der Waals surface area contributed by atoms with Gasteiger partial charge in [0.15, 0.2) is 11.7 Å². The van der Waals surface area contributed by atoms with E-state index in [1.807, 2.05) is 0 Å². The van der Waals surface area contributed by atoms with E-state index in [4.69, 9.17) is 28.1 Å². The minimum absolute atomic E-state index is 0.142. The summed E-state index contributed by atoms with van der Waals surface area (Å²) in [6.07, 6.45) is -12.0. The first-order valence-electron chi connectivity index (χ1n) is 12.5. The van der Waals surface area contributed by atoms with E-state index in [0.717, 1.165) is 0 Å². The fraction of sp³-hybridized carbons (Fsp3) is 0.444. The summed E-state index contributed by atoms with van der Waals surface area (Å²) in [4.78, 5) is 13.1. The van der Waals surface area contributed by atoms with Crippen LogP contribution in [-0.2, 0) is 14.2 Å². The second-order valence-corrected chi connectivity index (χ2v) is 9.58. The van der Waals surface area contributed by atoms with Gasteiger partial charge < -0.3 is 58.7 Å². The zero-order chi connectivity index (χ0) is 28.6. The number of hydrogen-bond donors (Lipinski definition) is 6. The summed E-state index contributed by atoms with van der Waals surface area (Å²) in [5.74, 6) is 0.788. The van der Waals surface area contributed by atoms with Gasteiger partial charge in [-0.15, -0.1) is 0 Å². The van der Waals surface area contributed by atoms with Gasteiger partial charge in [-0.3, -0.25) is 4.79 Å². The van der Waals surface area contributed by atoms with Gasteiger partial charge in [0.25, 0.3) is 0 Å². The summed E-state index contributed by atoms with van der Waals surface area (Å²) in [6.45, 7) is -0.709. The van der Waals surface area contributed by atoms with Crippen molar-refractivity contribution in [3.8, 4) is 22.6 Å². The molecule has 2 saturated heterocycles. The molecular formula is C27H30O13. The van der Waals surface area contributed by atoms with Gasteiger partial charge in [0, 0.05) is 6.07 Å². The number of aliphatic hydroxyl groups excluding tert-OH is 6. The Labute approximate surface area is 227 Å². The van der Waals surface area contributed by atoms with Crippen molar-refractivity contribution < 1.29 is 58.7 Å². The average Bonchev–Trinajstić information content (AvgIpc) is 2.96. The van der Waals surface area contributed by atoms with Crippen molar-refractivity contribution in [1.29, 1.82) is 0 Å². The van der Waals surface area contributed by atoms with Gasteiger partial charge in [-0.1, -0.05) is 12.1 Å². The van der Waals surface area contributed by atoms with Crippen LogP contribution < -0.4 is 14.9 Å². The molecule has 9 atom stereocenters. The zero-order valence-electron chi connectivity index (χ0n) is 21.3. The van der Waals surface area contributed by atoms with Crippen LogP contribution in [0.5, 0.6) is 11.5 Å². The molecule has 216 valence electrons. The van der Waals surface area contributed by atoms with Gasteiger partial charge in [0.2, 0.25) is 6.29 Å². The van der Waals surface area contributed by atoms with E-state index < -0.39 is 61.9 Å². The fourth-order valence-electron chi connectivity index (χ4n) is 4.55. The molecule has 0 aliphatic carbocycles. The molecule has 2 aliphatic rings. The molecule has 1 aromatic heterocycles. The number of aliphatic hydroxyl groups is 6. The van der Waals surface area contributed by atoms with Crippen molar-refractivity contribution in [3.63, 3.8) is 0 Å². The molecule has 0 spiro atoms. The minimum Gasteiger partial charge on any atom is -0.497 e. The van der Waals surface area contributed by atoms with Crippen LogP contribution in [0.1, 0.15) is 0 Å². The highest BCUT2D eigenvalue weighted by Crippen LogP contribution is 2.29. The largest absolute Gasteiger partial charge is 0.497 e. The SMILES string of the molecule is COc1ccc(-c2coc3cc(O[C@@H]4O[C@H](CO[C@H]5OC[C@@H](O)[C@@H](O)[C@@H]5O)[C@@H](O)[C@@H](O)[C@H]4O)ccc3c2=O)cc1. The Bertz CT molecular complexity index is 1360. The van der Waals surface area contributed by atoms with Crippen LogP contribution in [0.3, 0.4) is 0 Å². The molecule has 3 heterocycles. The lowest BCUT2D eigenvalue weighted by Gasteiger charge is -2.41. The van der Waals surface area contributed by atoms with Gasteiger partial charge in [-0.25, -0.2) is 0 Å². The first-order valence-corrected chi connectivity index (χ1v) is 12.5. The smallest absolute Gasteiger partial charge is 0.229 e. The van der Waals surface area contributed by atoms with Gasteiger partial charge in [-0.05, 0) is 29.8 Å². The number of rotatable bonds is 7. The molecule has 40 heavy (non-hydrogen) atoms. The molecule has 0 bridgehead atoms. The lowest BCUT2D eigenvalue weighted by Crippen LogP contribution is -2.61. The third kappa shape index (κ3) is 5.56. The molecule has 0 amide bonds. The topological polar surface area (TPSA) is 198 Å². The van der Waals surface area contributed by atoms with Gasteiger partial charge in [0.05, 0.1) is 31.3 Å². The van der Waals surface area contributed by atoms with Crippen molar-refractivity contribution >= 4 is 11.0 Å². The summed E-state index contributed by atoms with van der Waals surface area (Å²) < 4.78 is 32.8. The number of benzene rings is 2. The molecular weight excluding hydrogens is 532 g/mol. The maximum Gasteiger partial charge on any atom is 0.229 e. The van der Waals surface area contributed by atoms with E-state index in [9.17, 15) is 35.4 Å². The monoisotopic (exact) mass is 562 g/mol. The van der Waals surface area contributed by atoms with Gasteiger partial charge in [0.1, 0.15) is 66.1 Å². The molecule has 2 fully saturated rings. The Morgan fingerprint density at radius 2 is 1.55 bits per heavy atom. The minimum atomic E-state index is -1.68. The molecule has 3 aromatic rings. The van der Waals surface area contributed by atoms with Crippen LogP contribution in [0, 0.1) is 0 Å². The van der Waals surface area contributed by atoms with Crippen molar-refractivity contribution in [2.45, 2.75) is 55.3 Å². The van der Waals surface area contributed by atoms with E-state index >= 15 is 0 Å². The lowest BCUT2D eigenvalue weighted by atomic mass is 9.99. The molecule has 0 saturated carbocycles. The first kappa shape index (κ1) is 28.4. The molecule has 0 radical (unpaired) electrons. The average molecular weight is 563 g/mol. The van der Waals surface area contributed by atoms with Gasteiger partial charge in [-0.2, -0.15) is 0 Å². The van der Waals surface area contributed by atoms with Crippen molar-refractivity contribution in [2.24, 2.45) is 0 Å². The van der Waals surface area contributed by atoms with E-state index in [2.05, 4.69) is 0 Å². The van der Waals surface area contributed by atoms with Crippen LogP contribution >= 0.6 is 0 Å². The normalized spacial score (nSPS) is 32.6. The van der Waals surface area contributed by atoms with Crippen LogP contribution in [0.15, 0.2) is 57.9 Å². The maximum atomic E-state index is 13.1. The quantitative estimate of drug-likeness (QED) is 0.208. The molecule has 13 nitrogen and oxygen atoms in total. The molecule has 13 heteroatoms. The second kappa shape index (κ2) is 11.8. The maximum absolute atomic E-state index is 13.1. The van der Waals surface area contributed by atoms with Crippen molar-refractivity contribution in [1.82, 2.24) is 0 Å². The lowest BCUT2D eigenvalue weighted by molar-refractivity contribution is -0.307. The number of fused-ring (bicyclic) bond motifs is 1. The summed E-state index contributed by atoms with van der Waals surface area (Å²) in [5.41, 5.74) is 0.930. The van der Waals surface area contributed by atoms with Crippen molar-refractivity contribution in [2.75, 3.05) is 20.3 Å². The van der Waals surface area contributed by atoms with Crippen LogP contribution in [-0.4, -0.2) is 106 Å². The molecule has 2 aliphatic heterocycles. The molecule has 2 aromatic carbocycles. The molecule has 5 rings (SSSR count). The van der Waals surface area contributed by atoms with E-state index in [1.54, 1.807) is 31.4 Å². The van der Waals surface area contributed by atoms with E-state index in [0.29, 0.717) is 16.9 Å². The Hall–Kier alpha value is -3.11. The second-order valence-electron chi connectivity index (χ2n) is 9.58. The first-order chi connectivity index (χ1) is 19.2. The third-order valence-corrected chi connectivity index (χ3v) is 6.95. The highest BCUT2D eigenvalue weighted by Gasteiger charge is 2.46. The number of hydrogen-bond acceptors (Lipinski definition) is 13. The van der Waals surface area contributed by atoms with E-state index in [-0.39, 0.29) is 28.8 Å². The third-order valence-electron chi connectivity index (χ3n) is 6.95. The van der Waals surface area contributed by atoms with Crippen LogP contribution in [0.2, 0.25) is 0 Å². The van der Waals surface area contributed by atoms with Gasteiger partial charge >= 0.3 is 0 Å². The molecule has 6 N–H and O–H groups in total. The summed E-state index contributed by atoms with van der Waals surface area (Å²) >= 11 is 0. The standard InChI is InChI=1S/C27H30O13/c1-35-13-4-2-12(3-5-13)16-9-36-18-8-14(6-7-15(18)20(16)29)39-27-25(34)23(32)22(31)19(40-27)11-38-26-24(33)21(30)17(28)10-37-26/h2-9,17,19,21-28,30-34H,10-11H2,1H3/t17-,19-,21-,22-,23-,24+,25-,26-,27-/m1/s1. The molecule has 0 unspecified atom stereocenters. The Balaban J connectivity index is 1.29. The van der Waals surface area contributed by atoms with Crippen molar-refractivity contribution in [3.05, 3.63) is 59.0 Å². The summed E-state index contributed by atoms with van der Waals surface area (Å²) in [5, 5.41) is 60.9. The van der Waals surface area contributed by atoms with Crippen LogP contribution in [0.25, 0.3) is 22.1 Å². The Kier molecular flexibility index (Phi) is 8.37. The Morgan fingerprint density at radius 3 is 2.27 bits per heavy atom. The Morgan fingerprint density at radius 1 is 0.850 bits per heavy atom.